The Morgan fingerprint density at radius 3 is 1.45 bits per heavy atom. The van der Waals surface area contributed by atoms with Gasteiger partial charge in [-0.25, -0.2) is 28.3 Å². The molecule has 7 aliphatic rings. The maximum absolute atomic E-state index is 15.1. The van der Waals surface area contributed by atoms with E-state index in [9.17, 15) is 38.7 Å². The van der Waals surface area contributed by atoms with Crippen molar-refractivity contribution in [2.75, 3.05) is 59.1 Å². The van der Waals surface area contributed by atoms with Gasteiger partial charge in [0.25, 0.3) is 0 Å². The molecule has 8 aromatic rings. The summed E-state index contributed by atoms with van der Waals surface area (Å²) in [4.78, 5) is 107. The Morgan fingerprint density at radius 2 is 1.03 bits per heavy atom. The van der Waals surface area contributed by atoms with Crippen molar-refractivity contribution in [1.82, 2.24) is 47.5 Å². The Labute approximate surface area is 524 Å². The minimum absolute atomic E-state index is 0. The number of hydrogen-bond donors (Lipinski definition) is 1. The molecular weight excluding hydrogens is 1120 g/mol. The van der Waals surface area contributed by atoms with Gasteiger partial charge in [-0.2, -0.15) is 0 Å². The number of nitrogens with zero attached hydrogens (tertiary/aromatic N) is 10. The molecule has 0 saturated carbocycles. The van der Waals surface area contributed by atoms with Crippen LogP contribution in [0.3, 0.4) is 0 Å². The molecule has 23 heteroatoms. The molecule has 1 N–H and O–H groups in total. The molecule has 0 unspecified atom stereocenters. The van der Waals surface area contributed by atoms with Crippen LogP contribution in [0.5, 0.6) is 0 Å². The third kappa shape index (κ3) is 11.4. The maximum Gasteiger partial charge on any atom is 1.00 e. The van der Waals surface area contributed by atoms with E-state index < -0.39 is 11.6 Å². The van der Waals surface area contributed by atoms with E-state index in [1.165, 1.54) is 37.1 Å². The Kier molecular flexibility index (Phi) is 17.8. The molecule has 4 amide bonds. The number of aldehydes is 1. The zero-order valence-electron chi connectivity index (χ0n) is 49.3. The van der Waals surface area contributed by atoms with E-state index in [0.29, 0.717) is 132 Å². The largest absolute Gasteiger partial charge is 1.00 e. The Bertz CT molecular complexity index is 4150. The van der Waals surface area contributed by atoms with Gasteiger partial charge in [-0.15, -0.1) is 0 Å². The zero-order chi connectivity index (χ0) is 58.6. The second-order valence-corrected chi connectivity index (χ2v) is 22.9. The number of imidazole rings is 2. The normalized spacial score (nSPS) is 18.3. The predicted octanol–water partition coefficient (Wildman–Crippen LogP) is 4.78. The van der Waals surface area contributed by atoms with Gasteiger partial charge in [-0.1, -0.05) is 12.1 Å². The molecule has 11 heterocycles. The molecule has 441 valence electrons. The fourth-order valence-corrected chi connectivity index (χ4v) is 13.3. The van der Waals surface area contributed by atoms with E-state index in [4.69, 9.17) is 4.74 Å². The van der Waals surface area contributed by atoms with E-state index in [-0.39, 0.29) is 130 Å². The second-order valence-electron chi connectivity index (χ2n) is 22.9. The van der Waals surface area contributed by atoms with Gasteiger partial charge in [-0.05, 0) is 104 Å². The van der Waals surface area contributed by atoms with E-state index >= 15 is 8.78 Å². The van der Waals surface area contributed by atoms with Gasteiger partial charge >= 0.3 is 41.6 Å². The summed E-state index contributed by atoms with van der Waals surface area (Å²) in [7, 11) is 0. The summed E-state index contributed by atoms with van der Waals surface area (Å²) in [5, 5.41) is 10.5. The van der Waals surface area contributed by atoms with Gasteiger partial charge in [0.15, 0.2) is 23.1 Å². The summed E-state index contributed by atoms with van der Waals surface area (Å²) < 4.78 is 42.6. The fourth-order valence-electron chi connectivity index (χ4n) is 13.3. The van der Waals surface area contributed by atoms with Crippen LogP contribution in [0.15, 0.2) is 97.8 Å². The Hall–Kier alpha value is -7.89. The van der Waals surface area contributed by atoms with Crippen molar-refractivity contribution in [3.63, 3.8) is 0 Å². The van der Waals surface area contributed by atoms with Crippen molar-refractivity contribution >= 4 is 105 Å². The summed E-state index contributed by atoms with van der Waals surface area (Å²) in [6, 6.07) is 16.5. The van der Waals surface area contributed by atoms with Crippen LogP contribution in [0.25, 0.3) is 55.4 Å². The molecule has 0 spiro atoms. The molecule has 2 aromatic carbocycles. The molecule has 15 rings (SSSR count). The van der Waals surface area contributed by atoms with Crippen molar-refractivity contribution in [3.05, 3.63) is 143 Å². The minimum Gasteiger partial charge on any atom is -1.00 e. The number of likely N-dealkylation sites (tertiary alicyclic amines) is 2. The molecule has 2 aliphatic carbocycles. The molecule has 6 aromatic heterocycles. The molecule has 0 atom stereocenters. The van der Waals surface area contributed by atoms with Gasteiger partial charge in [-0.3, -0.25) is 28.0 Å². The van der Waals surface area contributed by atoms with Crippen molar-refractivity contribution in [2.45, 2.75) is 77.5 Å². The quantitative estimate of drug-likeness (QED) is 0.136. The summed E-state index contributed by atoms with van der Waals surface area (Å²) >= 11 is 0. The summed E-state index contributed by atoms with van der Waals surface area (Å²) in [6.07, 6.45) is 16.3. The van der Waals surface area contributed by atoms with Crippen LogP contribution in [0.4, 0.5) is 18.4 Å². The zero-order valence-corrected chi connectivity index (χ0v) is 50.3. The first-order valence-electron chi connectivity index (χ1n) is 29.2. The second kappa shape index (κ2) is 25.4. The average Bonchev–Trinajstić information content (AvgIpc) is 1.63. The summed E-state index contributed by atoms with van der Waals surface area (Å²) in [5.74, 6) is -1.90. The number of aliphatic hydroxyl groups excluding tert-OH is 1. The van der Waals surface area contributed by atoms with E-state index in [1.807, 2.05) is 62.8 Å². The number of pyridine rings is 2. The van der Waals surface area contributed by atoms with Crippen LogP contribution in [0.2, 0.25) is 0 Å². The third-order valence-corrected chi connectivity index (χ3v) is 17.6. The number of benzene rings is 2. The number of aliphatic hydroxyl groups is 1. The number of carbonyl (C=O) groups is 7. The van der Waals surface area contributed by atoms with Crippen molar-refractivity contribution in [3.8, 4) is 0 Å². The van der Waals surface area contributed by atoms with Crippen molar-refractivity contribution in [2.24, 2.45) is 11.8 Å². The number of allylic oxidation sites excluding steroid dienone is 4. The number of urea groups is 2. The first-order chi connectivity index (χ1) is 41.3. The summed E-state index contributed by atoms with van der Waals surface area (Å²) in [6.45, 7) is 6.54. The summed E-state index contributed by atoms with van der Waals surface area (Å²) in [5.41, 5.74) is 7.40. The molecule has 87 heavy (non-hydrogen) atoms. The number of halogens is 2. The average molecular weight is 1190 g/mol. The van der Waals surface area contributed by atoms with Crippen molar-refractivity contribution < 1.29 is 83.2 Å². The first-order valence-corrected chi connectivity index (χ1v) is 29.2. The third-order valence-electron chi connectivity index (χ3n) is 17.6. The topological polar surface area (TPSA) is 206 Å². The number of piperidine rings is 2. The van der Waals surface area contributed by atoms with Crippen LogP contribution in [0.1, 0.15) is 86.4 Å². The van der Waals surface area contributed by atoms with Gasteiger partial charge in [0.1, 0.15) is 29.2 Å². The van der Waals surface area contributed by atoms with Crippen LogP contribution in [0, 0.1) is 23.5 Å². The van der Waals surface area contributed by atoms with Gasteiger partial charge in [0.2, 0.25) is 0 Å². The molecule has 3 fully saturated rings. The van der Waals surface area contributed by atoms with E-state index in [0.717, 1.165) is 43.4 Å². The van der Waals surface area contributed by atoms with Gasteiger partial charge in [0.05, 0.1) is 58.8 Å². The van der Waals surface area contributed by atoms with Crippen LogP contribution >= 0.6 is 0 Å². The number of rotatable bonds is 6. The molecule has 3 radical (unpaired) electrons. The number of fused-ring (bicyclic) bond motifs is 2. The van der Waals surface area contributed by atoms with Crippen molar-refractivity contribution in [1.29, 1.82) is 0 Å². The number of aromatic nitrogens is 6. The number of amides is 4. The Balaban J connectivity index is 0.000000174. The number of Topliss-reactive ketones (excluding diaryl/α,β-unsaturated/α-hetero) is 4. The molecule has 3 saturated heterocycles. The maximum atomic E-state index is 15.1. The number of ketones is 4. The molecule has 0 bridgehead atoms. The predicted molar refractivity (Wildman–Crippen MR) is 317 cm³/mol. The number of ether oxygens (including phenoxy) is 1. The van der Waals surface area contributed by atoms with Crippen LogP contribution in [-0.2, 0) is 54.9 Å². The molecule has 5 aliphatic heterocycles. The van der Waals surface area contributed by atoms with E-state index in [2.05, 4.69) is 9.97 Å². The molecular formula is C64H63BF2N10NaO9. The molecule has 19 nitrogen and oxygen atoms in total. The standard InChI is InChI=1S/C30H28FN5O4.C30H26FN5O4.C4H8O.B.Na.H/c2*31-20-11-19-15-35(30(40)33-7-4-18(17-37)5-8-33)10-9-34-16-22(21(12-20)29(19)34)27-24(38)13-25(39)28(27)23-14-32-26-3-1-2-6-36(23)26;1-2-4-5-3-1;;;/h1-3,6,11-12,14,16,18,37H,4-5,7-10,13,15,17H2;1-3,6,11-12,14,16-18H,4-5,7-10,13,15H2;1-4H2;;;/q;;;;+1;-1. The first kappa shape index (κ1) is 60.8. The van der Waals surface area contributed by atoms with E-state index in [1.54, 1.807) is 48.3 Å². The van der Waals surface area contributed by atoms with Crippen LogP contribution < -0.4 is 29.6 Å². The fraction of sp³-hybridized carbons (Fsp3) is 0.359. The van der Waals surface area contributed by atoms with Gasteiger partial charge in [0, 0.05) is 157 Å². The number of hydrogen-bond acceptors (Lipinski definition) is 11. The Morgan fingerprint density at radius 1 is 0.598 bits per heavy atom. The monoisotopic (exact) mass is 1190 g/mol. The van der Waals surface area contributed by atoms with Gasteiger partial charge < -0.3 is 44.8 Å². The van der Waals surface area contributed by atoms with Crippen LogP contribution in [-0.4, -0.2) is 162 Å². The SMILES string of the molecule is C1CCOC1.O=C1CC(=O)C(c2cnc3ccccn23)=C1c1cn2c3c(cc(F)cc13)CN(C(=O)N1CCC(CO)CC1)CC2.O=CC1CCN(C(=O)N2CCn3cc(C4=C(c5cnc6ccccn56)C(=O)CC4=O)c4cc(F)cc(c43)C2)CC1.[B].[H-].[Na+]. The minimum atomic E-state index is -0.476. The smallest absolute Gasteiger partial charge is 1.00 e. The number of carbonyl (C=O) groups excluding carboxylic acids is 7.